The van der Waals surface area contributed by atoms with E-state index in [4.69, 9.17) is 5.53 Å². The predicted octanol–water partition coefficient (Wildman–Crippen LogP) is 5.31. The van der Waals surface area contributed by atoms with Crippen molar-refractivity contribution in [2.45, 2.75) is 52.4 Å². The van der Waals surface area contributed by atoms with Crippen molar-refractivity contribution in [3.63, 3.8) is 0 Å². The standard InChI is InChI=1S/C17H25N3O/c1-16(2,3)13-10-12(8-7-9-19-20-18)11-14(15(13)21)17(4,5)6/h7-8,10-11,21H,9H2,1-6H3. The monoisotopic (exact) mass is 287 g/mol. The molecule has 0 saturated carbocycles. The number of hydrogen-bond donors (Lipinski definition) is 1. The molecule has 0 fully saturated rings. The first kappa shape index (κ1) is 17.1. The summed E-state index contributed by atoms with van der Waals surface area (Å²) >= 11 is 0. The van der Waals surface area contributed by atoms with Crippen molar-refractivity contribution >= 4 is 6.08 Å². The molecular weight excluding hydrogens is 262 g/mol. The fourth-order valence-electron chi connectivity index (χ4n) is 2.17. The Morgan fingerprint density at radius 2 is 1.57 bits per heavy atom. The minimum Gasteiger partial charge on any atom is -0.507 e. The van der Waals surface area contributed by atoms with Gasteiger partial charge >= 0.3 is 0 Å². The Morgan fingerprint density at radius 1 is 1.10 bits per heavy atom. The summed E-state index contributed by atoms with van der Waals surface area (Å²) in [6.45, 7) is 12.8. The highest BCUT2D eigenvalue weighted by Gasteiger charge is 2.25. The molecule has 0 heterocycles. The van der Waals surface area contributed by atoms with Crippen molar-refractivity contribution in [2.24, 2.45) is 5.11 Å². The van der Waals surface area contributed by atoms with Gasteiger partial charge < -0.3 is 5.11 Å². The van der Waals surface area contributed by atoms with E-state index in [1.54, 1.807) is 0 Å². The van der Waals surface area contributed by atoms with Gasteiger partial charge in [-0.05, 0) is 34.1 Å². The Hall–Kier alpha value is -1.93. The van der Waals surface area contributed by atoms with Gasteiger partial charge in [0, 0.05) is 22.6 Å². The highest BCUT2D eigenvalue weighted by atomic mass is 16.3. The normalized spacial score (nSPS) is 12.5. The second-order valence-electron chi connectivity index (χ2n) is 7.28. The molecule has 0 saturated heterocycles. The molecule has 4 heteroatoms. The first-order valence-corrected chi connectivity index (χ1v) is 7.12. The molecule has 21 heavy (non-hydrogen) atoms. The maximum atomic E-state index is 10.6. The van der Waals surface area contributed by atoms with Gasteiger partial charge in [-0.2, -0.15) is 0 Å². The zero-order chi connectivity index (χ0) is 16.3. The minimum absolute atomic E-state index is 0.140. The average molecular weight is 287 g/mol. The number of benzene rings is 1. The Kier molecular flexibility index (Phi) is 5.08. The van der Waals surface area contributed by atoms with Crippen LogP contribution in [0.15, 0.2) is 23.3 Å². The fraction of sp³-hybridized carbons (Fsp3) is 0.529. The third-order valence-electron chi connectivity index (χ3n) is 3.31. The maximum Gasteiger partial charge on any atom is 0.123 e. The van der Waals surface area contributed by atoms with Crippen molar-refractivity contribution in [3.8, 4) is 5.75 Å². The molecule has 1 aromatic carbocycles. The molecule has 0 aliphatic carbocycles. The SMILES string of the molecule is CC(C)(C)c1cc(C=CCN=[N+]=[N-])cc(C(C)(C)C)c1O. The van der Waals surface area contributed by atoms with Gasteiger partial charge in [-0.1, -0.05) is 58.8 Å². The van der Waals surface area contributed by atoms with Gasteiger partial charge in [0.15, 0.2) is 0 Å². The number of azide groups is 1. The van der Waals surface area contributed by atoms with E-state index in [1.165, 1.54) is 0 Å². The molecule has 1 rings (SSSR count). The van der Waals surface area contributed by atoms with Gasteiger partial charge in [-0.25, -0.2) is 0 Å². The molecule has 0 aromatic heterocycles. The van der Waals surface area contributed by atoms with Crippen molar-refractivity contribution < 1.29 is 5.11 Å². The van der Waals surface area contributed by atoms with Crippen LogP contribution in [-0.2, 0) is 10.8 Å². The lowest BCUT2D eigenvalue weighted by molar-refractivity contribution is 0.423. The van der Waals surface area contributed by atoms with E-state index >= 15 is 0 Å². The molecule has 1 N–H and O–H groups in total. The Bertz CT molecular complexity index is 548. The lowest BCUT2D eigenvalue weighted by Gasteiger charge is -2.27. The quantitative estimate of drug-likeness (QED) is 0.457. The molecule has 4 nitrogen and oxygen atoms in total. The third-order valence-corrected chi connectivity index (χ3v) is 3.31. The highest BCUT2D eigenvalue weighted by molar-refractivity contribution is 5.59. The largest absolute Gasteiger partial charge is 0.507 e. The van der Waals surface area contributed by atoms with Crippen molar-refractivity contribution in [1.29, 1.82) is 0 Å². The summed E-state index contributed by atoms with van der Waals surface area (Å²) in [6, 6.07) is 3.99. The van der Waals surface area contributed by atoms with Crippen LogP contribution in [-0.4, -0.2) is 11.7 Å². The number of aromatic hydroxyl groups is 1. The molecule has 0 amide bonds. The molecule has 114 valence electrons. The van der Waals surface area contributed by atoms with Crippen molar-refractivity contribution in [1.82, 2.24) is 0 Å². The number of rotatable bonds is 3. The maximum absolute atomic E-state index is 10.6. The van der Waals surface area contributed by atoms with E-state index in [1.807, 2.05) is 24.3 Å². The summed E-state index contributed by atoms with van der Waals surface area (Å²) in [6.07, 6.45) is 3.75. The van der Waals surface area contributed by atoms with E-state index in [0.29, 0.717) is 12.3 Å². The first-order chi connectivity index (χ1) is 9.57. The van der Waals surface area contributed by atoms with Crippen LogP contribution in [0.3, 0.4) is 0 Å². The second-order valence-corrected chi connectivity index (χ2v) is 7.28. The van der Waals surface area contributed by atoms with E-state index < -0.39 is 0 Å². The van der Waals surface area contributed by atoms with Crippen LogP contribution >= 0.6 is 0 Å². The second kappa shape index (κ2) is 6.23. The molecule has 0 aliphatic heterocycles. The van der Waals surface area contributed by atoms with Gasteiger partial charge in [0.25, 0.3) is 0 Å². The molecule has 0 unspecified atom stereocenters. The highest BCUT2D eigenvalue weighted by Crippen LogP contribution is 2.39. The van der Waals surface area contributed by atoms with Crippen LogP contribution in [0.4, 0.5) is 0 Å². The summed E-state index contributed by atoms with van der Waals surface area (Å²) in [4.78, 5) is 2.73. The Labute approximate surface area is 127 Å². The zero-order valence-corrected chi connectivity index (χ0v) is 13.8. The van der Waals surface area contributed by atoms with Gasteiger partial charge in [0.2, 0.25) is 0 Å². The Balaban J connectivity index is 3.40. The first-order valence-electron chi connectivity index (χ1n) is 7.12. The van der Waals surface area contributed by atoms with E-state index in [0.717, 1.165) is 16.7 Å². The minimum atomic E-state index is -0.140. The molecule has 1 aromatic rings. The van der Waals surface area contributed by atoms with E-state index in [2.05, 4.69) is 51.6 Å². The number of hydrogen-bond acceptors (Lipinski definition) is 2. The van der Waals surface area contributed by atoms with E-state index in [9.17, 15) is 5.11 Å². The van der Waals surface area contributed by atoms with Crippen LogP contribution in [0.5, 0.6) is 5.75 Å². The van der Waals surface area contributed by atoms with Gasteiger partial charge in [-0.3, -0.25) is 0 Å². The van der Waals surface area contributed by atoms with Crippen LogP contribution in [0.2, 0.25) is 0 Å². The van der Waals surface area contributed by atoms with Crippen molar-refractivity contribution in [2.75, 3.05) is 6.54 Å². The van der Waals surface area contributed by atoms with Crippen LogP contribution in [0.1, 0.15) is 58.2 Å². The van der Waals surface area contributed by atoms with Gasteiger partial charge in [-0.15, -0.1) is 0 Å². The molecule has 0 aliphatic rings. The summed E-state index contributed by atoms with van der Waals surface area (Å²) < 4.78 is 0. The zero-order valence-electron chi connectivity index (χ0n) is 13.8. The summed E-state index contributed by atoms with van der Waals surface area (Å²) in [7, 11) is 0. The van der Waals surface area contributed by atoms with Gasteiger partial charge in [0.1, 0.15) is 5.75 Å². The predicted molar refractivity (Wildman–Crippen MR) is 88.6 cm³/mol. The summed E-state index contributed by atoms with van der Waals surface area (Å²) in [5.41, 5.74) is 10.9. The van der Waals surface area contributed by atoms with Crippen LogP contribution in [0.25, 0.3) is 16.5 Å². The average Bonchev–Trinajstić information content (AvgIpc) is 2.33. The lowest BCUT2D eigenvalue weighted by Crippen LogP contribution is -2.17. The lowest BCUT2D eigenvalue weighted by atomic mass is 9.78. The number of nitrogens with zero attached hydrogens (tertiary/aromatic N) is 3. The van der Waals surface area contributed by atoms with Crippen LogP contribution in [0, 0.1) is 0 Å². The number of phenolic OH excluding ortho intramolecular Hbond substituents is 1. The third kappa shape index (κ3) is 4.54. The molecule has 0 atom stereocenters. The smallest absolute Gasteiger partial charge is 0.123 e. The molecule has 0 radical (unpaired) electrons. The fourth-order valence-corrected chi connectivity index (χ4v) is 2.17. The Morgan fingerprint density at radius 3 is 1.95 bits per heavy atom. The molecule has 0 spiro atoms. The molecule has 0 bridgehead atoms. The topological polar surface area (TPSA) is 69.0 Å². The summed E-state index contributed by atoms with van der Waals surface area (Å²) in [5.74, 6) is 0.377. The van der Waals surface area contributed by atoms with Gasteiger partial charge in [0.05, 0.1) is 0 Å². The molecular formula is C17H25N3O. The summed E-state index contributed by atoms with van der Waals surface area (Å²) in [5, 5.41) is 14.1. The van der Waals surface area contributed by atoms with E-state index in [-0.39, 0.29) is 10.8 Å². The van der Waals surface area contributed by atoms with Crippen molar-refractivity contribution in [3.05, 3.63) is 45.3 Å². The number of phenols is 1. The van der Waals surface area contributed by atoms with Crippen LogP contribution < -0.4 is 0 Å².